The average molecular weight is 481 g/mol. The van der Waals surface area contributed by atoms with E-state index in [0.29, 0.717) is 6.42 Å². The fraction of sp³-hybridized carbons (Fsp3) is 0.444. The van der Waals surface area contributed by atoms with Gasteiger partial charge in [-0.05, 0) is 47.9 Å². The van der Waals surface area contributed by atoms with Gasteiger partial charge in [-0.1, -0.05) is 55.0 Å². The van der Waals surface area contributed by atoms with Gasteiger partial charge in [-0.25, -0.2) is 4.79 Å². The number of carbonyl (C=O) groups excluding carboxylic acids is 2. The second-order valence-electron chi connectivity index (χ2n) is 9.29. The molecule has 1 fully saturated rings. The Bertz CT molecular complexity index is 1040. The number of alkyl carbamates (subject to hydrolysis) is 1. The second kappa shape index (κ2) is 10.9. The number of rotatable bonds is 9. The van der Waals surface area contributed by atoms with Crippen molar-refractivity contribution < 1.29 is 29.0 Å². The summed E-state index contributed by atoms with van der Waals surface area (Å²) in [4.78, 5) is 37.0. The molecule has 0 radical (unpaired) electrons. The molecule has 0 saturated heterocycles. The molecule has 0 spiro atoms. The van der Waals surface area contributed by atoms with Crippen LogP contribution in [0.5, 0.6) is 0 Å². The summed E-state index contributed by atoms with van der Waals surface area (Å²) in [6, 6.07) is 14.9. The number of amides is 2. The van der Waals surface area contributed by atoms with Gasteiger partial charge in [0.1, 0.15) is 12.6 Å². The number of carboxylic acid groups (broad SMARTS) is 1. The Labute approximate surface area is 205 Å². The van der Waals surface area contributed by atoms with Gasteiger partial charge in [0.2, 0.25) is 5.91 Å². The van der Waals surface area contributed by atoms with Gasteiger partial charge in [-0.2, -0.15) is 0 Å². The molecule has 0 heterocycles. The summed E-state index contributed by atoms with van der Waals surface area (Å²) >= 11 is 0. The Hall–Kier alpha value is -3.39. The molecule has 2 aromatic rings. The highest BCUT2D eigenvalue weighted by Gasteiger charge is 2.35. The molecule has 2 aromatic carbocycles. The van der Waals surface area contributed by atoms with Crippen molar-refractivity contribution >= 4 is 18.0 Å². The lowest BCUT2D eigenvalue weighted by atomic mass is 9.98. The van der Waals surface area contributed by atoms with Crippen molar-refractivity contribution in [1.29, 1.82) is 0 Å². The zero-order chi connectivity index (χ0) is 24.9. The SMILES string of the molecule is CO[C@H](C)[C@H](NC(=O)OCC1c2ccccc2-c2ccccc21)C(=O)NC1CCCC1CC(=O)O. The van der Waals surface area contributed by atoms with Crippen LogP contribution in [0.2, 0.25) is 0 Å². The Balaban J connectivity index is 1.40. The van der Waals surface area contributed by atoms with E-state index in [2.05, 4.69) is 22.8 Å². The summed E-state index contributed by atoms with van der Waals surface area (Å²) in [6.07, 6.45) is 1.02. The fourth-order valence-electron chi connectivity index (χ4n) is 5.27. The van der Waals surface area contributed by atoms with Crippen molar-refractivity contribution in [3.63, 3.8) is 0 Å². The molecule has 3 N–H and O–H groups in total. The maximum absolute atomic E-state index is 13.0. The molecule has 0 bridgehead atoms. The molecule has 0 aromatic heterocycles. The van der Waals surface area contributed by atoms with Crippen molar-refractivity contribution in [2.24, 2.45) is 5.92 Å². The highest BCUT2D eigenvalue weighted by molar-refractivity contribution is 5.86. The summed E-state index contributed by atoms with van der Waals surface area (Å²) in [5.74, 6) is -1.50. The molecule has 186 valence electrons. The molecule has 35 heavy (non-hydrogen) atoms. The predicted octanol–water partition coefficient (Wildman–Crippen LogP) is 3.69. The first kappa shape index (κ1) is 24.7. The van der Waals surface area contributed by atoms with E-state index in [-0.39, 0.29) is 30.9 Å². The lowest BCUT2D eigenvalue weighted by molar-refractivity contribution is -0.138. The van der Waals surface area contributed by atoms with Gasteiger partial charge in [0.05, 0.1) is 12.5 Å². The van der Waals surface area contributed by atoms with Gasteiger partial charge >= 0.3 is 12.1 Å². The fourth-order valence-corrected chi connectivity index (χ4v) is 5.27. The monoisotopic (exact) mass is 480 g/mol. The second-order valence-corrected chi connectivity index (χ2v) is 9.29. The Kier molecular flexibility index (Phi) is 7.70. The third kappa shape index (κ3) is 5.48. The van der Waals surface area contributed by atoms with Gasteiger partial charge in [0.15, 0.2) is 0 Å². The molecule has 2 aliphatic carbocycles. The lowest BCUT2D eigenvalue weighted by Gasteiger charge is -2.27. The maximum atomic E-state index is 13.0. The van der Waals surface area contributed by atoms with Crippen LogP contribution in [0.1, 0.15) is 49.7 Å². The van der Waals surface area contributed by atoms with Crippen LogP contribution >= 0.6 is 0 Å². The number of fused-ring (bicyclic) bond motifs is 3. The van der Waals surface area contributed by atoms with Crippen molar-refractivity contribution in [3.8, 4) is 11.1 Å². The van der Waals surface area contributed by atoms with Gasteiger partial charge in [-0.15, -0.1) is 0 Å². The molecule has 8 heteroatoms. The zero-order valence-corrected chi connectivity index (χ0v) is 20.0. The van der Waals surface area contributed by atoms with Crippen molar-refractivity contribution in [2.45, 2.75) is 56.7 Å². The predicted molar refractivity (Wildman–Crippen MR) is 130 cm³/mol. The Morgan fingerprint density at radius 2 is 1.66 bits per heavy atom. The van der Waals surface area contributed by atoms with Crippen LogP contribution in [0.15, 0.2) is 48.5 Å². The highest BCUT2D eigenvalue weighted by atomic mass is 16.5. The third-order valence-corrected chi connectivity index (χ3v) is 7.16. The summed E-state index contributed by atoms with van der Waals surface area (Å²) in [7, 11) is 1.47. The number of benzene rings is 2. The molecule has 8 nitrogen and oxygen atoms in total. The van der Waals surface area contributed by atoms with Crippen LogP contribution in [0.4, 0.5) is 4.79 Å². The molecular weight excluding hydrogens is 448 g/mol. The van der Waals surface area contributed by atoms with Crippen LogP contribution < -0.4 is 10.6 Å². The van der Waals surface area contributed by atoms with Crippen LogP contribution in [0.25, 0.3) is 11.1 Å². The van der Waals surface area contributed by atoms with E-state index in [4.69, 9.17) is 14.6 Å². The van der Waals surface area contributed by atoms with Gasteiger partial charge in [0.25, 0.3) is 0 Å². The summed E-state index contributed by atoms with van der Waals surface area (Å²) in [5, 5.41) is 14.7. The number of carbonyl (C=O) groups is 3. The minimum absolute atomic E-state index is 0.00918. The summed E-state index contributed by atoms with van der Waals surface area (Å²) in [5.41, 5.74) is 4.48. The highest BCUT2D eigenvalue weighted by Crippen LogP contribution is 2.44. The van der Waals surface area contributed by atoms with E-state index < -0.39 is 30.1 Å². The first-order valence-corrected chi connectivity index (χ1v) is 12.1. The molecule has 0 aliphatic heterocycles. The molecule has 2 aliphatic rings. The number of aliphatic carboxylic acids is 1. The molecule has 2 unspecified atom stereocenters. The van der Waals surface area contributed by atoms with Crippen LogP contribution in [-0.2, 0) is 19.1 Å². The first-order chi connectivity index (χ1) is 16.9. The topological polar surface area (TPSA) is 114 Å². The number of hydrogen-bond acceptors (Lipinski definition) is 5. The first-order valence-electron chi connectivity index (χ1n) is 12.1. The number of ether oxygens (including phenoxy) is 2. The quantitative estimate of drug-likeness (QED) is 0.504. The minimum Gasteiger partial charge on any atom is -0.481 e. The molecule has 4 rings (SSSR count). The van der Waals surface area contributed by atoms with Crippen LogP contribution in [-0.4, -0.2) is 55.0 Å². The van der Waals surface area contributed by atoms with Crippen molar-refractivity contribution in [3.05, 3.63) is 59.7 Å². The number of carboxylic acids is 1. The largest absolute Gasteiger partial charge is 0.481 e. The van der Waals surface area contributed by atoms with Crippen LogP contribution in [0.3, 0.4) is 0 Å². The Morgan fingerprint density at radius 3 is 2.26 bits per heavy atom. The normalized spacial score (nSPS) is 20.4. The van der Waals surface area contributed by atoms with E-state index >= 15 is 0 Å². The van der Waals surface area contributed by atoms with E-state index in [1.165, 1.54) is 7.11 Å². The number of hydrogen-bond donors (Lipinski definition) is 3. The van der Waals surface area contributed by atoms with E-state index in [1.807, 2.05) is 36.4 Å². The van der Waals surface area contributed by atoms with E-state index in [9.17, 15) is 14.4 Å². The molecule has 4 atom stereocenters. The van der Waals surface area contributed by atoms with Gasteiger partial charge in [-0.3, -0.25) is 9.59 Å². The maximum Gasteiger partial charge on any atom is 0.407 e. The number of nitrogens with one attached hydrogen (secondary N) is 2. The number of methoxy groups -OCH3 is 1. The smallest absolute Gasteiger partial charge is 0.407 e. The molecule has 1 saturated carbocycles. The summed E-state index contributed by atoms with van der Waals surface area (Å²) < 4.78 is 10.9. The molecule has 2 amide bonds. The zero-order valence-electron chi connectivity index (χ0n) is 20.0. The van der Waals surface area contributed by atoms with Crippen LogP contribution in [0, 0.1) is 5.92 Å². The Morgan fingerprint density at radius 1 is 1.03 bits per heavy atom. The third-order valence-electron chi connectivity index (χ3n) is 7.16. The van der Waals surface area contributed by atoms with Crippen molar-refractivity contribution in [2.75, 3.05) is 13.7 Å². The standard InChI is InChI=1S/C27H32N2O6/c1-16(34-2)25(26(32)28-23-13-7-8-17(23)14-24(30)31)29-27(33)35-15-22-20-11-5-3-9-18(20)19-10-4-6-12-21(19)22/h3-6,9-12,16-17,22-23,25H,7-8,13-15H2,1-2H3,(H,28,32)(H,29,33)(H,30,31)/t16-,17?,23?,25+/m1/s1. The van der Waals surface area contributed by atoms with Crippen molar-refractivity contribution in [1.82, 2.24) is 10.6 Å². The van der Waals surface area contributed by atoms with E-state index in [1.54, 1.807) is 6.92 Å². The molecular formula is C27H32N2O6. The summed E-state index contributed by atoms with van der Waals surface area (Å²) in [6.45, 7) is 1.83. The minimum atomic E-state index is -0.971. The van der Waals surface area contributed by atoms with Gasteiger partial charge < -0.3 is 25.2 Å². The average Bonchev–Trinajstić information content (AvgIpc) is 3.41. The van der Waals surface area contributed by atoms with Gasteiger partial charge in [0, 0.05) is 19.1 Å². The van der Waals surface area contributed by atoms with E-state index in [0.717, 1.165) is 35.1 Å². The lowest BCUT2D eigenvalue weighted by Crippen LogP contribution is -2.55.